The van der Waals surface area contributed by atoms with E-state index < -0.39 is 0 Å². The van der Waals surface area contributed by atoms with Gasteiger partial charge in [0.2, 0.25) is 0 Å². The number of nitrogen functional groups attached to an aromatic ring is 1. The van der Waals surface area contributed by atoms with Gasteiger partial charge in [-0.1, -0.05) is 13.8 Å². The first-order valence-electron chi connectivity index (χ1n) is 6.76. The van der Waals surface area contributed by atoms with Crippen LogP contribution in [0.2, 0.25) is 0 Å². The normalized spacial score (nSPS) is 13.0. The van der Waals surface area contributed by atoms with Crippen molar-refractivity contribution in [3.8, 4) is 0 Å². The average Bonchev–Trinajstić information content (AvgIpc) is 2.68. The highest BCUT2D eigenvalue weighted by Crippen LogP contribution is 2.12. The van der Waals surface area contributed by atoms with Gasteiger partial charge in [0.25, 0.3) is 5.91 Å². The number of anilines is 1. The van der Waals surface area contributed by atoms with Gasteiger partial charge < -0.3 is 20.5 Å². The lowest BCUT2D eigenvalue weighted by Crippen LogP contribution is -2.45. The summed E-state index contributed by atoms with van der Waals surface area (Å²) in [5.74, 6) is 0.327. The first-order chi connectivity index (χ1) is 8.85. The zero-order chi connectivity index (χ0) is 14.6. The summed E-state index contributed by atoms with van der Waals surface area (Å²) in [6.07, 6.45) is 1.80. The van der Waals surface area contributed by atoms with Crippen molar-refractivity contribution in [3.05, 3.63) is 18.0 Å². The summed E-state index contributed by atoms with van der Waals surface area (Å²) in [5.41, 5.74) is 7.01. The molecule has 0 aliphatic heterocycles. The number of carbonyl (C=O) groups excluding carboxylic acids is 1. The van der Waals surface area contributed by atoms with Gasteiger partial charge in [0, 0.05) is 25.3 Å². The van der Waals surface area contributed by atoms with Crippen molar-refractivity contribution in [1.29, 1.82) is 0 Å². The Bertz CT molecular complexity index is 423. The molecule has 1 unspecified atom stereocenters. The van der Waals surface area contributed by atoms with Crippen LogP contribution in [0.5, 0.6) is 0 Å². The number of nitrogens with zero attached hydrogens (tertiary/aromatic N) is 2. The Balaban J connectivity index is 2.81. The van der Waals surface area contributed by atoms with Crippen LogP contribution in [-0.2, 0) is 6.54 Å². The number of rotatable bonds is 6. The molecule has 0 aliphatic carbocycles. The Kier molecular flexibility index (Phi) is 5.42. The third-order valence-electron chi connectivity index (χ3n) is 3.17. The molecule has 0 fully saturated rings. The first-order valence-corrected chi connectivity index (χ1v) is 6.76. The van der Waals surface area contributed by atoms with Gasteiger partial charge in [-0.15, -0.1) is 0 Å². The van der Waals surface area contributed by atoms with Crippen LogP contribution in [-0.4, -0.2) is 42.1 Å². The number of hydrogen-bond donors (Lipinski definition) is 2. The maximum Gasteiger partial charge on any atom is 0.268 e. The Morgan fingerprint density at radius 1 is 1.47 bits per heavy atom. The van der Waals surface area contributed by atoms with Crippen LogP contribution in [0.25, 0.3) is 0 Å². The number of aromatic nitrogens is 1. The third kappa shape index (κ3) is 4.28. The minimum absolute atomic E-state index is 0.0564. The van der Waals surface area contributed by atoms with E-state index in [9.17, 15) is 4.79 Å². The highest BCUT2D eigenvalue weighted by Gasteiger charge is 2.20. The molecule has 1 aromatic rings. The molecule has 0 bridgehead atoms. The lowest BCUT2D eigenvalue weighted by molar-refractivity contribution is 0.0907. The van der Waals surface area contributed by atoms with Crippen molar-refractivity contribution in [1.82, 2.24) is 14.8 Å². The van der Waals surface area contributed by atoms with Crippen molar-refractivity contribution in [2.45, 2.75) is 33.4 Å². The summed E-state index contributed by atoms with van der Waals surface area (Å²) in [6.45, 7) is 7.78. The molecule has 0 saturated carbocycles. The average molecular weight is 266 g/mol. The van der Waals surface area contributed by atoms with Crippen molar-refractivity contribution in [3.63, 3.8) is 0 Å². The van der Waals surface area contributed by atoms with Crippen molar-refractivity contribution < 1.29 is 4.79 Å². The van der Waals surface area contributed by atoms with Gasteiger partial charge in [-0.3, -0.25) is 4.79 Å². The highest BCUT2D eigenvalue weighted by atomic mass is 16.2. The number of amides is 1. The van der Waals surface area contributed by atoms with E-state index >= 15 is 0 Å². The fourth-order valence-electron chi connectivity index (χ4n) is 2.04. The van der Waals surface area contributed by atoms with Crippen molar-refractivity contribution in [2.24, 2.45) is 5.92 Å². The molecular formula is C14H26N4O. The fraction of sp³-hybridized carbons (Fsp3) is 0.643. The summed E-state index contributed by atoms with van der Waals surface area (Å²) in [5, 5.41) is 3.10. The quantitative estimate of drug-likeness (QED) is 0.818. The first kappa shape index (κ1) is 15.6. The maximum atomic E-state index is 12.3. The van der Waals surface area contributed by atoms with Crippen LogP contribution in [0.1, 0.15) is 31.3 Å². The molecule has 1 amide bonds. The predicted molar refractivity (Wildman–Crippen MR) is 79.2 cm³/mol. The van der Waals surface area contributed by atoms with Gasteiger partial charge in [-0.25, -0.2) is 0 Å². The zero-order valence-electron chi connectivity index (χ0n) is 12.6. The van der Waals surface area contributed by atoms with E-state index in [4.69, 9.17) is 5.73 Å². The molecule has 1 atom stereocenters. The largest absolute Gasteiger partial charge is 0.397 e. The Morgan fingerprint density at radius 3 is 2.58 bits per heavy atom. The molecule has 5 nitrogen and oxygen atoms in total. The van der Waals surface area contributed by atoms with E-state index in [0.29, 0.717) is 17.3 Å². The number of nitrogens with one attached hydrogen (secondary N) is 1. The molecule has 1 aromatic heterocycles. The van der Waals surface area contributed by atoms with E-state index in [1.165, 1.54) is 0 Å². The summed E-state index contributed by atoms with van der Waals surface area (Å²) < 4.78 is 1.87. The van der Waals surface area contributed by atoms with Crippen LogP contribution in [0.3, 0.4) is 0 Å². The van der Waals surface area contributed by atoms with Crippen LogP contribution >= 0.6 is 0 Å². The smallest absolute Gasteiger partial charge is 0.268 e. The Hall–Kier alpha value is -1.49. The van der Waals surface area contributed by atoms with Crippen LogP contribution < -0.4 is 11.1 Å². The molecule has 3 N–H and O–H groups in total. The molecule has 5 heteroatoms. The molecule has 0 aliphatic rings. The fourth-order valence-corrected chi connectivity index (χ4v) is 2.04. The Labute approximate surface area is 115 Å². The molecule has 108 valence electrons. The number of carbonyl (C=O) groups is 1. The Morgan fingerprint density at radius 2 is 2.11 bits per heavy atom. The summed E-state index contributed by atoms with van der Waals surface area (Å²) >= 11 is 0. The van der Waals surface area contributed by atoms with Crippen LogP contribution in [0, 0.1) is 5.92 Å². The van der Waals surface area contributed by atoms with Crippen molar-refractivity contribution >= 4 is 11.6 Å². The second-order valence-corrected chi connectivity index (χ2v) is 5.53. The van der Waals surface area contributed by atoms with Gasteiger partial charge in [0.15, 0.2) is 0 Å². The van der Waals surface area contributed by atoms with E-state index in [0.717, 1.165) is 13.1 Å². The van der Waals surface area contributed by atoms with Crippen LogP contribution in [0.4, 0.5) is 5.69 Å². The van der Waals surface area contributed by atoms with Crippen LogP contribution in [0.15, 0.2) is 12.3 Å². The number of hydrogen-bond acceptors (Lipinski definition) is 3. The van der Waals surface area contributed by atoms with E-state index in [-0.39, 0.29) is 11.9 Å². The second-order valence-electron chi connectivity index (χ2n) is 5.53. The van der Waals surface area contributed by atoms with E-state index in [1.807, 2.05) is 25.6 Å². The standard InChI is InChI=1S/C14H26N4O/c1-6-18-8-11(15)7-13(18)14(19)16-12(10(2)3)9-17(4)5/h7-8,10,12H,6,9,15H2,1-5H3,(H,16,19). The van der Waals surface area contributed by atoms with E-state index in [1.54, 1.807) is 12.3 Å². The molecule has 1 rings (SSSR count). The SMILES string of the molecule is CCn1cc(N)cc1C(=O)NC(CN(C)C)C(C)C. The molecule has 0 aromatic carbocycles. The summed E-state index contributed by atoms with van der Waals surface area (Å²) in [7, 11) is 4.02. The van der Waals surface area contributed by atoms with Gasteiger partial charge in [0.1, 0.15) is 5.69 Å². The van der Waals surface area contributed by atoms with E-state index in [2.05, 4.69) is 24.1 Å². The lowest BCUT2D eigenvalue weighted by Gasteiger charge is -2.25. The highest BCUT2D eigenvalue weighted by molar-refractivity contribution is 5.94. The monoisotopic (exact) mass is 266 g/mol. The number of aryl methyl sites for hydroxylation is 1. The lowest BCUT2D eigenvalue weighted by atomic mass is 10.0. The van der Waals surface area contributed by atoms with Gasteiger partial charge in [-0.05, 0) is 33.0 Å². The topological polar surface area (TPSA) is 63.3 Å². The zero-order valence-corrected chi connectivity index (χ0v) is 12.6. The number of likely N-dealkylation sites (N-methyl/N-ethyl adjacent to an activating group) is 1. The maximum absolute atomic E-state index is 12.3. The van der Waals surface area contributed by atoms with Gasteiger partial charge >= 0.3 is 0 Å². The number of nitrogens with two attached hydrogens (primary N) is 1. The second kappa shape index (κ2) is 6.61. The van der Waals surface area contributed by atoms with Crippen molar-refractivity contribution in [2.75, 3.05) is 26.4 Å². The summed E-state index contributed by atoms with van der Waals surface area (Å²) in [6, 6.07) is 1.86. The molecule has 0 radical (unpaired) electrons. The molecule has 0 saturated heterocycles. The minimum atomic E-state index is -0.0564. The molecule has 19 heavy (non-hydrogen) atoms. The van der Waals surface area contributed by atoms with Gasteiger partial charge in [0.05, 0.1) is 5.69 Å². The summed E-state index contributed by atoms with van der Waals surface area (Å²) in [4.78, 5) is 14.4. The molecule has 1 heterocycles. The molecule has 0 spiro atoms. The predicted octanol–water partition coefficient (Wildman–Crippen LogP) is 1.41. The minimum Gasteiger partial charge on any atom is -0.397 e. The van der Waals surface area contributed by atoms with Gasteiger partial charge in [-0.2, -0.15) is 0 Å². The third-order valence-corrected chi connectivity index (χ3v) is 3.17. The molecular weight excluding hydrogens is 240 g/mol.